The Balaban J connectivity index is 1.97. The Kier molecular flexibility index (Phi) is 10.6. The third kappa shape index (κ3) is 6.44. The highest BCUT2D eigenvalue weighted by atomic mass is 32.2. The predicted octanol–water partition coefficient (Wildman–Crippen LogP) is 8.36. The van der Waals surface area contributed by atoms with Gasteiger partial charge in [-0.1, -0.05) is 89.1 Å². The molecule has 0 saturated heterocycles. The second-order valence-corrected chi connectivity index (χ2v) is 10.0. The summed E-state index contributed by atoms with van der Waals surface area (Å²) in [6, 6.07) is 12.7. The summed E-state index contributed by atoms with van der Waals surface area (Å²) in [7, 11) is 1.99. The van der Waals surface area contributed by atoms with Crippen LogP contribution in [0.2, 0.25) is 0 Å². The van der Waals surface area contributed by atoms with E-state index in [1.54, 1.807) is 11.8 Å². The Labute approximate surface area is 215 Å². The van der Waals surface area contributed by atoms with E-state index in [9.17, 15) is 10.5 Å². The SMILES string of the molecule is CCCCCCCOc1c(C#N)c(C#N)c(OCCCCCCC)c2c1Sc1ccccc1N2C. The molecule has 6 heteroatoms. The van der Waals surface area contributed by atoms with Gasteiger partial charge in [0.15, 0.2) is 11.5 Å². The minimum absolute atomic E-state index is 0.271. The molecule has 186 valence electrons. The van der Waals surface area contributed by atoms with E-state index in [1.165, 1.54) is 38.5 Å². The number of hydrogen-bond donors (Lipinski definition) is 0. The summed E-state index contributed by atoms with van der Waals surface area (Å²) in [5.41, 5.74) is 2.42. The minimum atomic E-state index is 0.271. The Morgan fingerprint density at radius 2 is 1.31 bits per heavy atom. The van der Waals surface area contributed by atoms with Crippen LogP contribution in [-0.4, -0.2) is 20.3 Å². The van der Waals surface area contributed by atoms with Crippen molar-refractivity contribution >= 4 is 23.1 Å². The molecule has 1 heterocycles. The van der Waals surface area contributed by atoms with E-state index >= 15 is 0 Å². The lowest BCUT2D eigenvalue weighted by Gasteiger charge is -2.33. The molecule has 0 aromatic heterocycles. The monoisotopic (exact) mass is 491 g/mol. The van der Waals surface area contributed by atoms with Crippen LogP contribution in [0.5, 0.6) is 11.5 Å². The van der Waals surface area contributed by atoms with Crippen LogP contribution in [0.4, 0.5) is 11.4 Å². The quantitative estimate of drug-likeness (QED) is 0.247. The Morgan fingerprint density at radius 3 is 1.91 bits per heavy atom. The number of benzene rings is 2. The van der Waals surface area contributed by atoms with Gasteiger partial charge < -0.3 is 14.4 Å². The molecule has 0 bridgehead atoms. The van der Waals surface area contributed by atoms with Gasteiger partial charge in [0.25, 0.3) is 0 Å². The molecule has 3 rings (SSSR count). The van der Waals surface area contributed by atoms with Crippen LogP contribution in [0.15, 0.2) is 34.1 Å². The zero-order chi connectivity index (χ0) is 25.0. The van der Waals surface area contributed by atoms with Crippen LogP contribution in [-0.2, 0) is 0 Å². The molecule has 0 atom stereocenters. The van der Waals surface area contributed by atoms with Crippen molar-refractivity contribution in [2.24, 2.45) is 0 Å². The van der Waals surface area contributed by atoms with Crippen LogP contribution in [0.3, 0.4) is 0 Å². The van der Waals surface area contributed by atoms with Crippen LogP contribution in [0, 0.1) is 22.7 Å². The molecule has 0 saturated carbocycles. The van der Waals surface area contributed by atoms with E-state index in [2.05, 4.69) is 43.0 Å². The predicted molar refractivity (Wildman–Crippen MR) is 143 cm³/mol. The molecule has 1 aliphatic rings. The highest BCUT2D eigenvalue weighted by molar-refractivity contribution is 7.99. The van der Waals surface area contributed by atoms with E-state index in [0.717, 1.165) is 46.8 Å². The molecule has 0 N–H and O–H groups in total. The first-order chi connectivity index (χ1) is 17.2. The van der Waals surface area contributed by atoms with Crippen LogP contribution in [0.25, 0.3) is 0 Å². The van der Waals surface area contributed by atoms with Crippen molar-refractivity contribution in [3.8, 4) is 23.6 Å². The lowest BCUT2D eigenvalue weighted by molar-refractivity contribution is 0.290. The molecular formula is C29H37N3O2S. The first kappa shape index (κ1) is 26.8. The van der Waals surface area contributed by atoms with Gasteiger partial charge in [-0.05, 0) is 25.0 Å². The van der Waals surface area contributed by atoms with Gasteiger partial charge in [0.1, 0.15) is 29.0 Å². The lowest BCUT2D eigenvalue weighted by atomic mass is 10.0. The summed E-state index contributed by atoms with van der Waals surface area (Å²) in [6.45, 7) is 5.45. The smallest absolute Gasteiger partial charge is 0.163 e. The van der Waals surface area contributed by atoms with Gasteiger partial charge in [0, 0.05) is 11.9 Å². The second kappa shape index (κ2) is 13.9. The third-order valence-corrected chi connectivity index (χ3v) is 7.47. The summed E-state index contributed by atoms with van der Waals surface area (Å²) in [4.78, 5) is 4.02. The molecule has 0 aliphatic carbocycles. The van der Waals surface area contributed by atoms with Crippen molar-refractivity contribution < 1.29 is 9.47 Å². The van der Waals surface area contributed by atoms with Crippen molar-refractivity contribution in [1.29, 1.82) is 10.5 Å². The molecule has 35 heavy (non-hydrogen) atoms. The van der Waals surface area contributed by atoms with Crippen LogP contribution < -0.4 is 14.4 Å². The second-order valence-electron chi connectivity index (χ2n) is 8.96. The average Bonchev–Trinajstić information content (AvgIpc) is 2.88. The van der Waals surface area contributed by atoms with Gasteiger partial charge in [-0.2, -0.15) is 10.5 Å². The summed E-state index contributed by atoms with van der Waals surface area (Å²) < 4.78 is 12.5. The zero-order valence-electron chi connectivity index (χ0n) is 21.4. The van der Waals surface area contributed by atoms with Crippen molar-refractivity contribution in [2.45, 2.75) is 87.8 Å². The molecule has 5 nitrogen and oxygen atoms in total. The number of nitrogens with zero attached hydrogens (tertiary/aromatic N) is 3. The Hall–Kier alpha value is -2.83. The Morgan fingerprint density at radius 1 is 0.771 bits per heavy atom. The van der Waals surface area contributed by atoms with Gasteiger partial charge >= 0.3 is 0 Å². The molecule has 1 aliphatic heterocycles. The molecule has 0 spiro atoms. The maximum atomic E-state index is 10.1. The number of para-hydroxylation sites is 1. The van der Waals surface area contributed by atoms with E-state index < -0.39 is 0 Å². The van der Waals surface area contributed by atoms with Gasteiger partial charge in [0.2, 0.25) is 0 Å². The van der Waals surface area contributed by atoms with Crippen LogP contribution >= 0.6 is 11.8 Å². The van der Waals surface area contributed by atoms with Crippen LogP contribution in [0.1, 0.15) is 89.2 Å². The Bertz CT molecular complexity index is 1070. The number of rotatable bonds is 14. The number of ether oxygens (including phenoxy) is 2. The summed E-state index contributed by atoms with van der Waals surface area (Å²) in [5.74, 6) is 1.01. The molecule has 2 aromatic carbocycles. The first-order valence-electron chi connectivity index (χ1n) is 13.0. The third-order valence-electron chi connectivity index (χ3n) is 6.33. The highest BCUT2D eigenvalue weighted by Gasteiger charge is 2.33. The fourth-order valence-electron chi connectivity index (χ4n) is 4.37. The maximum absolute atomic E-state index is 10.1. The summed E-state index contributed by atoms with van der Waals surface area (Å²) in [5, 5.41) is 20.2. The van der Waals surface area contributed by atoms with Crippen molar-refractivity contribution in [3.63, 3.8) is 0 Å². The minimum Gasteiger partial charge on any atom is -0.491 e. The largest absolute Gasteiger partial charge is 0.491 e. The number of nitriles is 2. The number of fused-ring (bicyclic) bond motifs is 2. The summed E-state index contributed by atoms with van der Waals surface area (Å²) >= 11 is 1.59. The number of unbranched alkanes of at least 4 members (excludes halogenated alkanes) is 8. The molecule has 0 amide bonds. The molecule has 0 unspecified atom stereocenters. The van der Waals surface area contributed by atoms with Gasteiger partial charge in [-0.25, -0.2) is 0 Å². The molecule has 0 fully saturated rings. The molecule has 0 radical (unpaired) electrons. The number of anilines is 2. The normalized spacial score (nSPS) is 11.9. The lowest BCUT2D eigenvalue weighted by Crippen LogP contribution is -2.19. The standard InChI is InChI=1S/C29H37N3O2S/c1-4-6-8-10-14-18-33-27-22(20-30)23(21-31)28(34-19-15-11-9-7-5-2)29-26(27)32(3)24-16-12-13-17-25(24)35-29/h12-13,16-17H,4-11,14-15,18-19H2,1-3H3. The summed E-state index contributed by atoms with van der Waals surface area (Å²) in [6.07, 6.45) is 11.2. The highest BCUT2D eigenvalue weighted by Crippen LogP contribution is 2.57. The first-order valence-corrected chi connectivity index (χ1v) is 13.8. The topological polar surface area (TPSA) is 69.3 Å². The average molecular weight is 492 g/mol. The fourth-order valence-corrected chi connectivity index (χ4v) is 5.63. The maximum Gasteiger partial charge on any atom is 0.163 e. The van der Waals surface area contributed by atoms with Crippen molar-refractivity contribution in [2.75, 3.05) is 25.2 Å². The van der Waals surface area contributed by atoms with Crippen molar-refractivity contribution in [1.82, 2.24) is 0 Å². The molecular weight excluding hydrogens is 454 g/mol. The zero-order valence-corrected chi connectivity index (χ0v) is 22.2. The van der Waals surface area contributed by atoms with E-state index in [4.69, 9.17) is 9.47 Å². The van der Waals surface area contributed by atoms with Gasteiger partial charge in [-0.3, -0.25) is 0 Å². The fraction of sp³-hybridized carbons (Fsp3) is 0.517. The van der Waals surface area contributed by atoms with Crippen molar-refractivity contribution in [3.05, 3.63) is 35.4 Å². The molecule has 2 aromatic rings. The van der Waals surface area contributed by atoms with E-state index in [1.807, 2.05) is 19.2 Å². The van der Waals surface area contributed by atoms with Gasteiger partial charge in [0.05, 0.1) is 23.8 Å². The van der Waals surface area contributed by atoms with E-state index in [-0.39, 0.29) is 11.1 Å². The van der Waals surface area contributed by atoms with Gasteiger partial charge in [-0.15, -0.1) is 0 Å². The number of hydrogen-bond acceptors (Lipinski definition) is 6. The van der Waals surface area contributed by atoms with E-state index in [0.29, 0.717) is 24.7 Å².